The molecule has 2 aromatic rings. The highest BCUT2D eigenvalue weighted by Crippen LogP contribution is 2.30. The fraction of sp³-hybridized carbons (Fsp3) is 0.438. The van der Waals surface area contributed by atoms with Crippen molar-refractivity contribution in [2.24, 2.45) is 0 Å². The number of aromatic nitrogens is 2. The van der Waals surface area contributed by atoms with Gasteiger partial charge in [-0.15, -0.1) is 0 Å². The van der Waals surface area contributed by atoms with Crippen LogP contribution in [0.4, 0.5) is 0 Å². The Morgan fingerprint density at radius 1 is 1.30 bits per heavy atom. The molecule has 0 atom stereocenters. The number of rotatable bonds is 6. The van der Waals surface area contributed by atoms with E-state index in [1.807, 2.05) is 12.5 Å². The summed E-state index contributed by atoms with van der Waals surface area (Å²) < 4.78 is 7.37. The maximum atomic E-state index is 5.05. The summed E-state index contributed by atoms with van der Waals surface area (Å²) in [6.45, 7) is 2.45. The molecule has 4 heteroatoms. The van der Waals surface area contributed by atoms with Gasteiger partial charge in [-0.1, -0.05) is 24.3 Å². The summed E-state index contributed by atoms with van der Waals surface area (Å²) in [7, 11) is 1.72. The predicted octanol–water partition coefficient (Wildman–Crippen LogP) is 1.96. The van der Waals surface area contributed by atoms with Crippen molar-refractivity contribution < 1.29 is 4.74 Å². The van der Waals surface area contributed by atoms with E-state index in [4.69, 9.17) is 4.74 Å². The molecule has 0 saturated heterocycles. The Hall–Kier alpha value is -1.65. The Kier molecular flexibility index (Phi) is 4.14. The molecular weight excluding hydrogens is 250 g/mol. The summed E-state index contributed by atoms with van der Waals surface area (Å²) in [5.74, 6) is 0. The Labute approximate surface area is 119 Å². The Morgan fingerprint density at radius 2 is 2.05 bits per heavy atom. The molecule has 0 unspecified atom stereocenters. The van der Waals surface area contributed by atoms with Gasteiger partial charge in [-0.3, -0.25) is 0 Å². The smallest absolute Gasteiger partial charge is 0.0951 e. The minimum atomic E-state index is 0.508. The van der Waals surface area contributed by atoms with E-state index in [2.05, 4.69) is 39.1 Å². The molecule has 1 aromatic heterocycles. The second kappa shape index (κ2) is 6.20. The standard InChI is InChI=1S/C16H21N3O/c1-20-7-6-17-10-16-11-18-12-19(16)15-8-13-4-2-3-5-14(13)9-15/h2-5,11-12,15,17H,6-10H2,1H3. The summed E-state index contributed by atoms with van der Waals surface area (Å²) in [6, 6.07) is 9.24. The maximum absolute atomic E-state index is 5.05. The van der Waals surface area contributed by atoms with Gasteiger partial charge in [0.1, 0.15) is 0 Å². The third kappa shape index (κ3) is 2.76. The van der Waals surface area contributed by atoms with E-state index in [9.17, 15) is 0 Å². The van der Waals surface area contributed by atoms with Gasteiger partial charge in [0.05, 0.1) is 18.6 Å². The highest BCUT2D eigenvalue weighted by atomic mass is 16.5. The maximum Gasteiger partial charge on any atom is 0.0951 e. The zero-order chi connectivity index (χ0) is 13.8. The van der Waals surface area contributed by atoms with Crippen LogP contribution in [0, 0.1) is 0 Å². The second-order valence-electron chi connectivity index (χ2n) is 5.29. The van der Waals surface area contributed by atoms with Crippen LogP contribution in [0.1, 0.15) is 22.9 Å². The average molecular weight is 271 g/mol. The Bertz CT molecular complexity index is 539. The summed E-state index contributed by atoms with van der Waals surface area (Å²) in [5, 5.41) is 3.39. The molecule has 0 amide bonds. The van der Waals surface area contributed by atoms with Crippen molar-refractivity contribution in [1.29, 1.82) is 0 Å². The van der Waals surface area contributed by atoms with Crippen LogP contribution in [-0.4, -0.2) is 29.8 Å². The summed E-state index contributed by atoms with van der Waals surface area (Å²) in [5.41, 5.74) is 4.20. The van der Waals surface area contributed by atoms with Crippen molar-refractivity contribution >= 4 is 0 Å². The number of hydrogen-bond acceptors (Lipinski definition) is 3. The number of ether oxygens (including phenoxy) is 1. The summed E-state index contributed by atoms with van der Waals surface area (Å²) >= 11 is 0. The predicted molar refractivity (Wildman–Crippen MR) is 78.7 cm³/mol. The molecule has 0 bridgehead atoms. The quantitative estimate of drug-likeness (QED) is 0.816. The molecular formula is C16H21N3O. The molecule has 0 aliphatic heterocycles. The lowest BCUT2D eigenvalue weighted by molar-refractivity contribution is 0.199. The van der Waals surface area contributed by atoms with Crippen LogP contribution in [-0.2, 0) is 24.1 Å². The number of hydrogen-bond donors (Lipinski definition) is 1. The van der Waals surface area contributed by atoms with Gasteiger partial charge < -0.3 is 14.6 Å². The van der Waals surface area contributed by atoms with Crippen LogP contribution in [0.2, 0.25) is 0 Å². The van der Waals surface area contributed by atoms with Crippen LogP contribution in [0.3, 0.4) is 0 Å². The molecule has 1 aliphatic rings. The zero-order valence-corrected chi connectivity index (χ0v) is 11.9. The lowest BCUT2D eigenvalue weighted by atomic mass is 10.1. The van der Waals surface area contributed by atoms with E-state index in [-0.39, 0.29) is 0 Å². The van der Waals surface area contributed by atoms with E-state index in [0.29, 0.717) is 6.04 Å². The van der Waals surface area contributed by atoms with Crippen molar-refractivity contribution in [2.45, 2.75) is 25.4 Å². The molecule has 1 aliphatic carbocycles. The molecule has 0 spiro atoms. The average Bonchev–Trinajstić information content (AvgIpc) is 3.09. The molecule has 20 heavy (non-hydrogen) atoms. The first-order valence-corrected chi connectivity index (χ1v) is 7.15. The first kappa shape index (κ1) is 13.3. The van der Waals surface area contributed by atoms with E-state index >= 15 is 0 Å². The minimum absolute atomic E-state index is 0.508. The molecule has 3 rings (SSSR count). The van der Waals surface area contributed by atoms with Crippen molar-refractivity contribution in [3.63, 3.8) is 0 Å². The third-order valence-corrected chi connectivity index (χ3v) is 3.96. The Morgan fingerprint density at radius 3 is 2.75 bits per heavy atom. The van der Waals surface area contributed by atoms with Gasteiger partial charge >= 0.3 is 0 Å². The molecule has 1 aromatic carbocycles. The van der Waals surface area contributed by atoms with Gasteiger partial charge in [0.25, 0.3) is 0 Å². The first-order valence-electron chi connectivity index (χ1n) is 7.15. The topological polar surface area (TPSA) is 39.1 Å². The van der Waals surface area contributed by atoms with Crippen LogP contribution < -0.4 is 5.32 Å². The molecule has 1 N–H and O–H groups in total. The molecule has 0 radical (unpaired) electrons. The second-order valence-corrected chi connectivity index (χ2v) is 5.29. The van der Waals surface area contributed by atoms with E-state index < -0.39 is 0 Å². The number of nitrogens with zero attached hydrogens (tertiary/aromatic N) is 2. The van der Waals surface area contributed by atoms with E-state index in [1.165, 1.54) is 16.8 Å². The molecule has 4 nitrogen and oxygen atoms in total. The van der Waals surface area contributed by atoms with Gasteiger partial charge in [0.15, 0.2) is 0 Å². The largest absolute Gasteiger partial charge is 0.383 e. The van der Waals surface area contributed by atoms with Crippen molar-refractivity contribution in [3.05, 3.63) is 53.6 Å². The third-order valence-electron chi connectivity index (χ3n) is 3.96. The summed E-state index contributed by atoms with van der Waals surface area (Å²) in [6.07, 6.45) is 6.14. The molecule has 1 heterocycles. The van der Waals surface area contributed by atoms with E-state index in [1.54, 1.807) is 7.11 Å². The van der Waals surface area contributed by atoms with Crippen LogP contribution in [0.25, 0.3) is 0 Å². The number of benzene rings is 1. The lowest BCUT2D eigenvalue weighted by Crippen LogP contribution is -2.21. The van der Waals surface area contributed by atoms with Crippen LogP contribution in [0.15, 0.2) is 36.8 Å². The number of imidazole rings is 1. The van der Waals surface area contributed by atoms with Gasteiger partial charge in [0, 0.05) is 32.4 Å². The van der Waals surface area contributed by atoms with Crippen LogP contribution in [0.5, 0.6) is 0 Å². The molecule has 0 saturated carbocycles. The zero-order valence-electron chi connectivity index (χ0n) is 11.9. The highest BCUT2D eigenvalue weighted by molar-refractivity contribution is 5.33. The molecule has 0 fully saturated rings. The van der Waals surface area contributed by atoms with E-state index in [0.717, 1.165) is 32.5 Å². The van der Waals surface area contributed by atoms with Crippen LogP contribution >= 0.6 is 0 Å². The highest BCUT2D eigenvalue weighted by Gasteiger charge is 2.23. The summed E-state index contributed by atoms with van der Waals surface area (Å²) in [4.78, 5) is 4.32. The van der Waals surface area contributed by atoms with Crippen molar-refractivity contribution in [1.82, 2.24) is 14.9 Å². The first-order chi connectivity index (χ1) is 9.88. The number of methoxy groups -OCH3 is 1. The minimum Gasteiger partial charge on any atom is -0.383 e. The number of fused-ring (bicyclic) bond motifs is 1. The van der Waals surface area contributed by atoms with Gasteiger partial charge in [-0.25, -0.2) is 4.98 Å². The normalized spacial score (nSPS) is 14.7. The number of nitrogens with one attached hydrogen (secondary N) is 1. The van der Waals surface area contributed by atoms with Gasteiger partial charge in [-0.05, 0) is 24.0 Å². The fourth-order valence-electron chi connectivity index (χ4n) is 2.92. The van der Waals surface area contributed by atoms with Gasteiger partial charge in [0.2, 0.25) is 0 Å². The lowest BCUT2D eigenvalue weighted by Gasteiger charge is -2.15. The monoisotopic (exact) mass is 271 g/mol. The molecule has 106 valence electrons. The SMILES string of the molecule is COCCNCc1cncn1C1Cc2ccccc2C1. The fourth-order valence-corrected chi connectivity index (χ4v) is 2.92. The van der Waals surface area contributed by atoms with Gasteiger partial charge in [-0.2, -0.15) is 0 Å². The Balaban J connectivity index is 1.66. The van der Waals surface area contributed by atoms with Crippen molar-refractivity contribution in [2.75, 3.05) is 20.3 Å². The van der Waals surface area contributed by atoms with Crippen molar-refractivity contribution in [3.8, 4) is 0 Å².